The second-order valence-electron chi connectivity index (χ2n) is 4.26. The summed E-state index contributed by atoms with van der Waals surface area (Å²) in [6.07, 6.45) is -3.31. The molecule has 1 unspecified atom stereocenters. The van der Waals surface area contributed by atoms with Gasteiger partial charge in [0.2, 0.25) is 0 Å². The Morgan fingerprint density at radius 1 is 1.14 bits per heavy atom. The molecule has 6 heteroatoms. The summed E-state index contributed by atoms with van der Waals surface area (Å²) in [5, 5.41) is 9.21. The van der Waals surface area contributed by atoms with Crippen molar-refractivity contribution in [2.24, 2.45) is 0 Å². The lowest BCUT2D eigenvalue weighted by molar-refractivity contribution is -0.137. The van der Waals surface area contributed by atoms with Crippen molar-refractivity contribution in [1.29, 1.82) is 5.26 Å². The Kier molecular flexibility index (Phi) is 4.86. The summed E-state index contributed by atoms with van der Waals surface area (Å²) in [7, 11) is 0. The zero-order valence-corrected chi connectivity index (χ0v) is 11.7. The topological polar surface area (TPSA) is 36.7 Å². The first-order valence-corrected chi connectivity index (χ1v) is 7.00. The number of halogens is 3. The Hall–Kier alpha value is -2.00. The fraction of sp³-hybridized carbons (Fsp3) is 0.200. The molecule has 0 N–H and O–H groups in total. The highest BCUT2D eigenvalue weighted by Crippen LogP contribution is 2.37. The van der Waals surface area contributed by atoms with Crippen molar-refractivity contribution in [2.75, 3.05) is 0 Å². The molecule has 0 fully saturated rings. The highest BCUT2D eigenvalue weighted by molar-refractivity contribution is 7.99. The summed E-state index contributed by atoms with van der Waals surface area (Å²) in [6, 6.07) is 13.8. The number of aromatic nitrogens is 1. The van der Waals surface area contributed by atoms with Crippen LogP contribution in [-0.4, -0.2) is 4.98 Å². The van der Waals surface area contributed by atoms with Crippen molar-refractivity contribution >= 4 is 11.8 Å². The predicted molar refractivity (Wildman–Crippen MR) is 74.5 cm³/mol. The third-order valence-electron chi connectivity index (χ3n) is 2.77. The van der Waals surface area contributed by atoms with Crippen LogP contribution in [0.1, 0.15) is 22.8 Å². The predicted octanol–water partition coefficient (Wildman–Crippen LogP) is 4.85. The van der Waals surface area contributed by atoms with E-state index in [1.165, 1.54) is 17.8 Å². The van der Waals surface area contributed by atoms with Gasteiger partial charge >= 0.3 is 6.18 Å². The summed E-state index contributed by atoms with van der Waals surface area (Å²) in [5.74, 6) is 0. The van der Waals surface area contributed by atoms with Crippen molar-refractivity contribution in [2.45, 2.75) is 22.9 Å². The molecule has 0 radical (unpaired) electrons. The SMILES string of the molecule is N#CCC(Sc1ccc(C(F)(F)F)cn1)c1ccccc1. The average molecular weight is 308 g/mol. The van der Waals surface area contributed by atoms with Crippen molar-refractivity contribution < 1.29 is 13.2 Å². The van der Waals surface area contributed by atoms with E-state index in [1.807, 2.05) is 30.3 Å². The molecule has 0 aliphatic carbocycles. The minimum absolute atomic E-state index is 0.152. The van der Waals surface area contributed by atoms with E-state index >= 15 is 0 Å². The molecular formula is C15H11F3N2S. The Morgan fingerprint density at radius 2 is 1.86 bits per heavy atom. The smallest absolute Gasteiger partial charge is 0.249 e. The van der Waals surface area contributed by atoms with E-state index in [1.54, 1.807) is 0 Å². The van der Waals surface area contributed by atoms with E-state index in [2.05, 4.69) is 11.1 Å². The molecule has 2 aromatic rings. The first-order valence-electron chi connectivity index (χ1n) is 6.12. The molecule has 0 aliphatic rings. The van der Waals surface area contributed by atoms with Gasteiger partial charge in [-0.05, 0) is 17.7 Å². The largest absolute Gasteiger partial charge is 0.417 e. The van der Waals surface area contributed by atoms with Crippen LogP contribution in [0, 0.1) is 11.3 Å². The molecule has 0 amide bonds. The van der Waals surface area contributed by atoms with Gasteiger partial charge in [-0.1, -0.05) is 42.1 Å². The van der Waals surface area contributed by atoms with Crippen LogP contribution >= 0.6 is 11.8 Å². The fourth-order valence-corrected chi connectivity index (χ4v) is 2.74. The van der Waals surface area contributed by atoms with Crippen molar-refractivity contribution in [3.05, 3.63) is 59.8 Å². The van der Waals surface area contributed by atoms with E-state index in [4.69, 9.17) is 5.26 Å². The van der Waals surface area contributed by atoms with E-state index in [9.17, 15) is 13.2 Å². The van der Waals surface area contributed by atoms with E-state index in [0.29, 0.717) is 5.03 Å². The molecule has 1 atom stereocenters. The van der Waals surface area contributed by atoms with E-state index in [-0.39, 0.29) is 11.7 Å². The van der Waals surface area contributed by atoms with Gasteiger partial charge in [0.1, 0.15) is 0 Å². The number of alkyl halides is 3. The maximum absolute atomic E-state index is 12.5. The minimum atomic E-state index is -4.39. The number of benzene rings is 1. The summed E-state index contributed by atoms with van der Waals surface area (Å²) >= 11 is 1.28. The van der Waals surface area contributed by atoms with Gasteiger partial charge in [0.25, 0.3) is 0 Å². The molecular weight excluding hydrogens is 297 g/mol. The summed E-state index contributed by atoms with van der Waals surface area (Å²) in [5.41, 5.74) is 0.175. The molecule has 0 saturated carbocycles. The van der Waals surface area contributed by atoms with Crippen LogP contribution in [0.3, 0.4) is 0 Å². The summed E-state index contributed by atoms with van der Waals surface area (Å²) < 4.78 is 37.4. The van der Waals surface area contributed by atoms with Crippen LogP contribution in [0.15, 0.2) is 53.7 Å². The molecule has 2 rings (SSSR count). The van der Waals surface area contributed by atoms with Gasteiger partial charge in [0.05, 0.1) is 23.1 Å². The van der Waals surface area contributed by atoms with Gasteiger partial charge in [-0.25, -0.2) is 4.98 Å². The van der Waals surface area contributed by atoms with E-state index < -0.39 is 11.7 Å². The first-order chi connectivity index (χ1) is 10.0. The van der Waals surface area contributed by atoms with Gasteiger partial charge in [0.15, 0.2) is 0 Å². The van der Waals surface area contributed by atoms with Crippen LogP contribution < -0.4 is 0 Å². The highest BCUT2D eigenvalue weighted by Gasteiger charge is 2.30. The van der Waals surface area contributed by atoms with Crippen LogP contribution in [-0.2, 0) is 6.18 Å². The summed E-state index contributed by atoms with van der Waals surface area (Å²) in [6.45, 7) is 0. The normalized spacial score (nSPS) is 12.7. The van der Waals surface area contributed by atoms with Crippen LogP contribution in [0.4, 0.5) is 13.2 Å². The molecule has 0 aliphatic heterocycles. The number of hydrogen-bond donors (Lipinski definition) is 0. The van der Waals surface area contributed by atoms with Gasteiger partial charge in [-0.15, -0.1) is 0 Å². The second kappa shape index (κ2) is 6.64. The molecule has 0 bridgehead atoms. The van der Waals surface area contributed by atoms with Gasteiger partial charge in [-0.2, -0.15) is 18.4 Å². The molecule has 21 heavy (non-hydrogen) atoms. The number of thioether (sulfide) groups is 1. The van der Waals surface area contributed by atoms with E-state index in [0.717, 1.165) is 17.8 Å². The second-order valence-corrected chi connectivity index (χ2v) is 5.49. The first kappa shape index (κ1) is 15.4. The number of hydrogen-bond acceptors (Lipinski definition) is 3. The van der Waals surface area contributed by atoms with Gasteiger partial charge in [0, 0.05) is 11.4 Å². The quantitative estimate of drug-likeness (QED) is 0.758. The summed E-state index contributed by atoms with van der Waals surface area (Å²) in [4.78, 5) is 3.83. The average Bonchev–Trinajstić information content (AvgIpc) is 2.47. The van der Waals surface area contributed by atoms with Crippen LogP contribution in [0.5, 0.6) is 0 Å². The molecule has 0 spiro atoms. The standard InChI is InChI=1S/C15H11F3N2S/c16-15(17,18)12-6-7-14(20-10-12)21-13(8-9-19)11-4-2-1-3-5-11/h1-7,10,13H,8H2. The maximum atomic E-state index is 12.5. The molecule has 108 valence electrons. The fourth-order valence-electron chi connectivity index (χ4n) is 1.74. The lowest BCUT2D eigenvalue weighted by Crippen LogP contribution is -2.05. The Labute approximate surface area is 124 Å². The highest BCUT2D eigenvalue weighted by atomic mass is 32.2. The molecule has 2 nitrogen and oxygen atoms in total. The lowest BCUT2D eigenvalue weighted by Gasteiger charge is -2.13. The Balaban J connectivity index is 2.16. The van der Waals surface area contributed by atoms with Crippen molar-refractivity contribution in [3.63, 3.8) is 0 Å². The third kappa shape index (κ3) is 4.23. The Bertz CT molecular complexity index is 618. The van der Waals surface area contributed by atoms with Gasteiger partial charge in [-0.3, -0.25) is 0 Å². The van der Waals surface area contributed by atoms with Crippen LogP contribution in [0.2, 0.25) is 0 Å². The number of pyridine rings is 1. The number of rotatable bonds is 4. The third-order valence-corrected chi connectivity index (χ3v) is 3.98. The number of nitrogens with zero attached hydrogens (tertiary/aromatic N) is 2. The van der Waals surface area contributed by atoms with Crippen LogP contribution in [0.25, 0.3) is 0 Å². The maximum Gasteiger partial charge on any atom is 0.417 e. The molecule has 1 aromatic carbocycles. The number of nitriles is 1. The molecule has 0 saturated heterocycles. The van der Waals surface area contributed by atoms with Crippen molar-refractivity contribution in [3.8, 4) is 6.07 Å². The zero-order valence-electron chi connectivity index (χ0n) is 10.8. The molecule has 1 aromatic heterocycles. The minimum Gasteiger partial charge on any atom is -0.249 e. The monoisotopic (exact) mass is 308 g/mol. The van der Waals surface area contributed by atoms with Gasteiger partial charge < -0.3 is 0 Å². The Morgan fingerprint density at radius 3 is 2.38 bits per heavy atom. The zero-order chi connectivity index (χ0) is 15.3. The van der Waals surface area contributed by atoms with Crippen molar-refractivity contribution in [1.82, 2.24) is 4.98 Å². The lowest BCUT2D eigenvalue weighted by atomic mass is 10.1. The molecule has 1 heterocycles.